The molecule has 3 heteroatoms. The molecule has 102 valence electrons. The molecule has 0 bridgehead atoms. The molecule has 0 unspecified atom stereocenters. The molecule has 21 heavy (non-hydrogen) atoms. The van der Waals surface area contributed by atoms with Crippen molar-refractivity contribution < 1.29 is 0 Å². The molecule has 0 spiro atoms. The first-order chi connectivity index (χ1) is 10.2. The van der Waals surface area contributed by atoms with Crippen molar-refractivity contribution in [2.45, 2.75) is 13.8 Å². The van der Waals surface area contributed by atoms with Crippen LogP contribution >= 0.6 is 22.7 Å². The number of hydrogen-bond donors (Lipinski definition) is 0. The summed E-state index contributed by atoms with van der Waals surface area (Å²) in [7, 11) is 0. The quantitative estimate of drug-likeness (QED) is 0.266. The van der Waals surface area contributed by atoms with E-state index in [4.69, 9.17) is 0 Å². The van der Waals surface area contributed by atoms with Crippen molar-refractivity contribution in [3.8, 4) is 0 Å². The molecule has 0 aliphatic heterocycles. The van der Waals surface area contributed by atoms with Crippen molar-refractivity contribution in [2.24, 2.45) is 0 Å². The second-order valence-corrected chi connectivity index (χ2v) is 11.3. The van der Waals surface area contributed by atoms with Gasteiger partial charge in [0.2, 0.25) is 0 Å². The second kappa shape index (κ2) is 4.33. The van der Waals surface area contributed by atoms with E-state index in [1.165, 1.54) is 40.7 Å². The third kappa shape index (κ3) is 1.85. The van der Waals surface area contributed by atoms with Crippen LogP contribution in [0.5, 0.6) is 0 Å². The zero-order valence-corrected chi connectivity index (χ0v) is 15.7. The predicted octanol–water partition coefficient (Wildman–Crippen LogP) is 6.10. The van der Waals surface area contributed by atoms with Crippen molar-refractivity contribution >= 4 is 80.9 Å². The van der Waals surface area contributed by atoms with Crippen LogP contribution in [0.25, 0.3) is 37.7 Å². The van der Waals surface area contributed by atoms with Crippen molar-refractivity contribution in [2.75, 3.05) is 0 Å². The van der Waals surface area contributed by atoms with Gasteiger partial charge in [0, 0.05) is 0 Å². The molecule has 0 saturated carbocycles. The molecule has 0 nitrogen and oxygen atoms in total. The van der Waals surface area contributed by atoms with E-state index in [0.29, 0.717) is 0 Å². The summed E-state index contributed by atoms with van der Waals surface area (Å²) < 4.78 is 6.12. The molecule has 0 amide bonds. The Morgan fingerprint density at radius 2 is 1.14 bits per heavy atom. The first kappa shape index (κ1) is 12.7. The van der Waals surface area contributed by atoms with Gasteiger partial charge in [0.05, 0.1) is 0 Å². The number of aryl methyl sites for hydroxylation is 2. The van der Waals surface area contributed by atoms with Crippen LogP contribution in [-0.4, -0.2) is 20.4 Å². The molecule has 0 fully saturated rings. The maximum absolute atomic E-state index is 2.45. The van der Waals surface area contributed by atoms with Crippen LogP contribution in [0.15, 0.2) is 36.4 Å². The van der Waals surface area contributed by atoms with Gasteiger partial charge in [-0.25, -0.2) is 0 Å². The van der Waals surface area contributed by atoms with E-state index in [9.17, 15) is 0 Å². The number of rotatable bonds is 0. The summed E-state index contributed by atoms with van der Waals surface area (Å²) in [6.45, 7) is 4.41. The van der Waals surface area contributed by atoms with Crippen LogP contribution in [0.2, 0.25) is 0 Å². The Hall–Kier alpha value is -0.850. The summed E-state index contributed by atoms with van der Waals surface area (Å²) in [4.78, 5) is 2.83. The van der Waals surface area contributed by atoms with Gasteiger partial charge in [-0.1, -0.05) is 0 Å². The average molecular weight is 420 g/mol. The summed E-state index contributed by atoms with van der Waals surface area (Å²) in [5.74, 6) is 0. The molecule has 0 aliphatic rings. The van der Waals surface area contributed by atoms with Crippen LogP contribution in [0, 0.1) is 13.8 Å². The predicted molar refractivity (Wildman–Crippen MR) is 98.6 cm³/mol. The zero-order valence-electron chi connectivity index (χ0n) is 11.7. The SMILES string of the molecule is Cc1cc2cc3[te]c4cc5cc(C)sc5cc4c3cc2s1. The van der Waals surface area contributed by atoms with Gasteiger partial charge in [0.1, 0.15) is 0 Å². The monoisotopic (exact) mass is 422 g/mol. The van der Waals surface area contributed by atoms with Crippen molar-refractivity contribution in [1.29, 1.82) is 0 Å². The fraction of sp³-hybridized carbons (Fsp3) is 0.111. The Labute approximate surface area is 140 Å². The molecule has 0 atom stereocenters. The normalized spacial score (nSPS) is 12.3. The molecule has 5 aromatic rings. The van der Waals surface area contributed by atoms with E-state index in [0.717, 1.165) is 0 Å². The summed E-state index contributed by atoms with van der Waals surface area (Å²) in [6, 6.07) is 14.4. The van der Waals surface area contributed by atoms with Crippen LogP contribution in [0.4, 0.5) is 0 Å². The Kier molecular flexibility index (Phi) is 2.61. The molecule has 0 aliphatic carbocycles. The third-order valence-electron chi connectivity index (χ3n) is 3.99. The average Bonchev–Trinajstić information content (AvgIpc) is 3.05. The molecule has 0 N–H and O–H groups in total. The Balaban J connectivity index is 1.97. The molecule has 0 radical (unpaired) electrons. The first-order valence-electron chi connectivity index (χ1n) is 6.94. The number of fused-ring (bicyclic) bond motifs is 5. The summed E-state index contributed by atoms with van der Waals surface area (Å²) >= 11 is 3.62. The van der Waals surface area contributed by atoms with E-state index in [1.807, 2.05) is 22.7 Å². The summed E-state index contributed by atoms with van der Waals surface area (Å²) in [5.41, 5.74) is 0. The van der Waals surface area contributed by atoms with Gasteiger partial charge in [-0.05, 0) is 0 Å². The van der Waals surface area contributed by atoms with Gasteiger partial charge in [-0.3, -0.25) is 0 Å². The Bertz CT molecular complexity index is 1060. The van der Waals surface area contributed by atoms with Crippen LogP contribution in [0.1, 0.15) is 9.75 Å². The Morgan fingerprint density at radius 3 is 1.62 bits per heavy atom. The molecule has 2 aromatic carbocycles. The topological polar surface area (TPSA) is 0 Å². The molecule has 3 aromatic heterocycles. The van der Waals surface area contributed by atoms with E-state index in [1.54, 1.807) is 6.80 Å². The molecule has 3 heterocycles. The molecule has 5 rings (SSSR count). The standard InChI is InChI=1S/C18H12S2Te/c1-9-3-11-5-17-13(7-15(11)19-9)14-8-16-12(4-10(2)20-16)6-18(14)21-17/h3-8H,1-2H3. The van der Waals surface area contributed by atoms with Gasteiger partial charge in [0.25, 0.3) is 0 Å². The minimum absolute atomic E-state index is 0.220. The second-order valence-electron chi connectivity index (χ2n) is 5.59. The molecular formula is C18H12S2Te. The summed E-state index contributed by atoms with van der Waals surface area (Å²) in [5, 5.41) is 5.89. The Morgan fingerprint density at radius 1 is 0.667 bits per heavy atom. The number of thiophene rings is 2. The van der Waals surface area contributed by atoms with Gasteiger partial charge in [-0.2, -0.15) is 0 Å². The van der Waals surface area contributed by atoms with Crippen molar-refractivity contribution in [3.05, 3.63) is 46.2 Å². The van der Waals surface area contributed by atoms with Gasteiger partial charge in [0.15, 0.2) is 0 Å². The molecular weight excluding hydrogens is 408 g/mol. The fourth-order valence-electron chi connectivity index (χ4n) is 3.11. The zero-order chi connectivity index (χ0) is 14.1. The van der Waals surface area contributed by atoms with Gasteiger partial charge in [-0.15, -0.1) is 0 Å². The van der Waals surface area contributed by atoms with E-state index in [2.05, 4.69) is 50.2 Å². The fourth-order valence-corrected chi connectivity index (χ4v) is 8.33. The molecule has 0 saturated heterocycles. The van der Waals surface area contributed by atoms with Crippen LogP contribution in [0.3, 0.4) is 0 Å². The van der Waals surface area contributed by atoms with Crippen molar-refractivity contribution in [3.63, 3.8) is 0 Å². The van der Waals surface area contributed by atoms with Crippen molar-refractivity contribution in [1.82, 2.24) is 0 Å². The van der Waals surface area contributed by atoms with Crippen LogP contribution in [-0.2, 0) is 0 Å². The van der Waals surface area contributed by atoms with Crippen LogP contribution < -0.4 is 0 Å². The first-order valence-corrected chi connectivity index (χ1v) is 10.9. The van der Waals surface area contributed by atoms with E-state index >= 15 is 0 Å². The van der Waals surface area contributed by atoms with E-state index < -0.39 is 0 Å². The van der Waals surface area contributed by atoms with Gasteiger partial charge >= 0.3 is 141 Å². The number of benzene rings is 2. The minimum atomic E-state index is -0.220. The summed E-state index contributed by atoms with van der Waals surface area (Å²) in [6.07, 6.45) is 0. The van der Waals surface area contributed by atoms with Gasteiger partial charge < -0.3 is 0 Å². The number of hydrogen-bond acceptors (Lipinski definition) is 2. The van der Waals surface area contributed by atoms with E-state index in [-0.39, 0.29) is 20.4 Å². The third-order valence-corrected chi connectivity index (χ3v) is 9.20. The maximum atomic E-state index is 2.45.